The van der Waals surface area contributed by atoms with Gasteiger partial charge in [-0.2, -0.15) is 0 Å². The van der Waals surface area contributed by atoms with Crippen molar-refractivity contribution < 1.29 is 9.90 Å². The Balaban J connectivity index is 2.21. The molecule has 0 spiro atoms. The highest BCUT2D eigenvalue weighted by molar-refractivity contribution is 5.95. The van der Waals surface area contributed by atoms with Crippen LogP contribution in [0.15, 0.2) is 18.2 Å². The molecule has 1 aliphatic heterocycles. The number of hydrogen-bond donors (Lipinski definition) is 1. The molecule has 0 aliphatic carbocycles. The summed E-state index contributed by atoms with van der Waals surface area (Å²) < 4.78 is 0. The van der Waals surface area contributed by atoms with E-state index in [4.69, 9.17) is 0 Å². The number of carbonyl (C=O) groups is 1. The molecule has 110 valence electrons. The average Bonchev–Trinajstić information content (AvgIpc) is 2.37. The van der Waals surface area contributed by atoms with Crippen LogP contribution in [0.25, 0.3) is 0 Å². The van der Waals surface area contributed by atoms with Crippen LogP contribution in [-0.2, 0) is 0 Å². The second-order valence-corrected chi connectivity index (χ2v) is 6.90. The lowest BCUT2D eigenvalue weighted by Gasteiger charge is -2.40. The normalized spacial score (nSPS) is 17.3. The minimum absolute atomic E-state index is 0.341. The minimum atomic E-state index is -0.832. The molecule has 0 saturated carbocycles. The maximum absolute atomic E-state index is 11.4. The van der Waals surface area contributed by atoms with Gasteiger partial charge in [0.25, 0.3) is 0 Å². The van der Waals surface area contributed by atoms with E-state index < -0.39 is 5.97 Å². The Bertz CT molecular complexity index is 494. The smallest absolute Gasteiger partial charge is 0.337 e. The van der Waals surface area contributed by atoms with Crippen LogP contribution < -0.4 is 4.90 Å². The van der Waals surface area contributed by atoms with E-state index in [0.29, 0.717) is 11.0 Å². The number of carboxylic acids is 1. The fraction of sp³-hybridized carbons (Fsp3) is 0.588. The number of nitrogens with zero attached hydrogens (tertiary/aromatic N) is 1. The summed E-state index contributed by atoms with van der Waals surface area (Å²) in [7, 11) is 0. The lowest BCUT2D eigenvalue weighted by molar-refractivity contribution is 0.0697. The molecule has 1 heterocycles. The number of hydrogen-bond acceptors (Lipinski definition) is 2. The topological polar surface area (TPSA) is 40.5 Å². The maximum Gasteiger partial charge on any atom is 0.337 e. The predicted molar refractivity (Wildman–Crippen MR) is 82.5 cm³/mol. The molecule has 0 bridgehead atoms. The fourth-order valence-corrected chi connectivity index (χ4v) is 3.22. The summed E-state index contributed by atoms with van der Waals surface area (Å²) in [5.74, 6) is -0.113. The van der Waals surface area contributed by atoms with Crippen molar-refractivity contribution in [3.63, 3.8) is 0 Å². The molecule has 0 amide bonds. The molecule has 1 aromatic rings. The number of benzene rings is 1. The van der Waals surface area contributed by atoms with Crippen molar-refractivity contribution in [2.75, 3.05) is 18.0 Å². The zero-order valence-electron chi connectivity index (χ0n) is 12.9. The third-order valence-electron chi connectivity index (χ3n) is 4.50. The van der Waals surface area contributed by atoms with Gasteiger partial charge in [0, 0.05) is 13.1 Å². The van der Waals surface area contributed by atoms with Gasteiger partial charge in [0.1, 0.15) is 0 Å². The predicted octanol–water partition coefficient (Wildman–Crippen LogP) is 3.96. The third kappa shape index (κ3) is 2.97. The Morgan fingerprint density at radius 1 is 1.25 bits per heavy atom. The number of piperidine rings is 1. The van der Waals surface area contributed by atoms with Crippen LogP contribution in [0.4, 0.5) is 5.69 Å². The first-order chi connectivity index (χ1) is 9.30. The highest BCUT2D eigenvalue weighted by atomic mass is 16.4. The average molecular weight is 275 g/mol. The van der Waals surface area contributed by atoms with Crippen LogP contribution in [0.1, 0.15) is 49.5 Å². The van der Waals surface area contributed by atoms with E-state index >= 15 is 0 Å². The largest absolute Gasteiger partial charge is 0.478 e. The van der Waals surface area contributed by atoms with Crippen LogP contribution >= 0.6 is 0 Å². The van der Waals surface area contributed by atoms with Gasteiger partial charge in [-0.15, -0.1) is 0 Å². The number of anilines is 1. The molecule has 0 aromatic heterocycles. The monoisotopic (exact) mass is 275 g/mol. The van der Waals surface area contributed by atoms with E-state index in [1.54, 1.807) is 6.07 Å². The molecule has 0 radical (unpaired) electrons. The van der Waals surface area contributed by atoms with Crippen molar-refractivity contribution in [1.82, 2.24) is 0 Å². The van der Waals surface area contributed by atoms with E-state index in [2.05, 4.69) is 25.7 Å². The molecule has 1 saturated heterocycles. The summed E-state index contributed by atoms with van der Waals surface area (Å²) >= 11 is 0. The Morgan fingerprint density at radius 2 is 1.85 bits per heavy atom. The zero-order valence-corrected chi connectivity index (χ0v) is 12.9. The molecule has 0 unspecified atom stereocenters. The van der Waals surface area contributed by atoms with Crippen LogP contribution in [-0.4, -0.2) is 24.2 Å². The number of para-hydroxylation sites is 1. The summed E-state index contributed by atoms with van der Waals surface area (Å²) in [6.07, 6.45) is 2.27. The zero-order chi connectivity index (χ0) is 14.9. The molecule has 2 rings (SSSR count). The van der Waals surface area contributed by atoms with E-state index in [0.717, 1.165) is 43.1 Å². The summed E-state index contributed by atoms with van der Waals surface area (Å²) in [6, 6.07) is 5.53. The maximum atomic E-state index is 11.4. The van der Waals surface area contributed by atoms with Gasteiger partial charge in [-0.1, -0.05) is 32.9 Å². The minimum Gasteiger partial charge on any atom is -0.478 e. The number of aromatic carboxylic acids is 1. The first kappa shape index (κ1) is 14.9. The van der Waals surface area contributed by atoms with E-state index in [-0.39, 0.29) is 0 Å². The van der Waals surface area contributed by atoms with Gasteiger partial charge in [0.05, 0.1) is 11.3 Å². The van der Waals surface area contributed by atoms with E-state index in [1.165, 1.54) is 0 Å². The van der Waals surface area contributed by atoms with Crippen molar-refractivity contribution in [3.8, 4) is 0 Å². The van der Waals surface area contributed by atoms with Crippen LogP contribution in [0.3, 0.4) is 0 Å². The molecule has 1 N–H and O–H groups in total. The highest BCUT2D eigenvalue weighted by Crippen LogP contribution is 2.37. The highest BCUT2D eigenvalue weighted by Gasteiger charge is 2.30. The third-order valence-corrected chi connectivity index (χ3v) is 4.50. The quantitative estimate of drug-likeness (QED) is 0.888. The van der Waals surface area contributed by atoms with Gasteiger partial charge in [-0.05, 0) is 42.7 Å². The van der Waals surface area contributed by atoms with Crippen molar-refractivity contribution in [2.45, 2.75) is 40.5 Å². The summed E-state index contributed by atoms with van der Waals surface area (Å²) in [4.78, 5) is 13.7. The molecule has 3 heteroatoms. The summed E-state index contributed by atoms with van der Waals surface area (Å²) in [6.45, 7) is 10.8. The van der Waals surface area contributed by atoms with E-state index in [1.807, 2.05) is 19.1 Å². The van der Waals surface area contributed by atoms with Crippen molar-refractivity contribution in [1.29, 1.82) is 0 Å². The van der Waals surface area contributed by atoms with Gasteiger partial charge in [-0.3, -0.25) is 0 Å². The molecule has 1 aromatic carbocycles. The first-order valence-corrected chi connectivity index (χ1v) is 7.38. The molecular formula is C17H25NO2. The second-order valence-electron chi connectivity index (χ2n) is 6.90. The first-order valence-electron chi connectivity index (χ1n) is 7.38. The molecular weight excluding hydrogens is 250 g/mol. The van der Waals surface area contributed by atoms with Gasteiger partial charge >= 0.3 is 5.97 Å². The second kappa shape index (κ2) is 5.47. The SMILES string of the molecule is Cc1cccc(C(=O)O)c1N1CCC(C(C)(C)C)CC1. The van der Waals surface area contributed by atoms with Gasteiger partial charge in [0.2, 0.25) is 0 Å². The van der Waals surface area contributed by atoms with Crippen LogP contribution in [0.5, 0.6) is 0 Å². The Hall–Kier alpha value is -1.51. The van der Waals surface area contributed by atoms with Crippen LogP contribution in [0.2, 0.25) is 0 Å². The number of carboxylic acid groups (broad SMARTS) is 1. The lowest BCUT2D eigenvalue weighted by atomic mass is 9.75. The number of rotatable bonds is 2. The van der Waals surface area contributed by atoms with Crippen LogP contribution in [0, 0.1) is 18.3 Å². The van der Waals surface area contributed by atoms with Crippen molar-refractivity contribution >= 4 is 11.7 Å². The lowest BCUT2D eigenvalue weighted by Crippen LogP contribution is -2.39. The van der Waals surface area contributed by atoms with E-state index in [9.17, 15) is 9.90 Å². The molecule has 1 fully saturated rings. The molecule has 20 heavy (non-hydrogen) atoms. The standard InChI is InChI=1S/C17H25NO2/c1-12-6-5-7-14(16(19)20)15(12)18-10-8-13(9-11-18)17(2,3)4/h5-7,13H,8-11H2,1-4H3,(H,19,20). The Kier molecular flexibility index (Phi) is 4.07. The van der Waals surface area contributed by atoms with Gasteiger partial charge < -0.3 is 10.0 Å². The molecule has 3 nitrogen and oxygen atoms in total. The molecule has 1 aliphatic rings. The fourth-order valence-electron chi connectivity index (χ4n) is 3.22. The Labute approximate surface area is 121 Å². The summed E-state index contributed by atoms with van der Waals surface area (Å²) in [5, 5.41) is 9.38. The Morgan fingerprint density at radius 3 is 2.35 bits per heavy atom. The van der Waals surface area contributed by atoms with Crippen molar-refractivity contribution in [2.24, 2.45) is 11.3 Å². The van der Waals surface area contributed by atoms with Gasteiger partial charge in [-0.25, -0.2) is 4.79 Å². The molecule has 0 atom stereocenters. The van der Waals surface area contributed by atoms with Gasteiger partial charge in [0.15, 0.2) is 0 Å². The summed E-state index contributed by atoms with van der Waals surface area (Å²) in [5.41, 5.74) is 2.73. The van der Waals surface area contributed by atoms with Crippen molar-refractivity contribution in [3.05, 3.63) is 29.3 Å². The number of aryl methyl sites for hydroxylation is 1.